The molecule has 0 bridgehead atoms. The lowest BCUT2D eigenvalue weighted by Gasteiger charge is -1.92. The monoisotopic (exact) mass is 253 g/mol. The highest BCUT2D eigenvalue weighted by Gasteiger charge is 2.14. The summed E-state index contributed by atoms with van der Waals surface area (Å²) in [5.41, 5.74) is 1.01. The van der Waals surface area contributed by atoms with Crippen LogP contribution in [0.15, 0.2) is 26.4 Å². The quantitative estimate of drug-likeness (QED) is 0.844. The summed E-state index contributed by atoms with van der Waals surface area (Å²) in [5.74, 6) is 0.528. The number of oxazole rings is 1. The average Bonchev–Trinajstić information content (AvgIpc) is 2.82. The molecular formula is C11H11NO4S. The molecule has 90 valence electrons. The number of nitrogens with zero attached hydrogens (tertiary/aromatic N) is 1. The smallest absolute Gasteiger partial charge is 0.339 e. The zero-order valence-corrected chi connectivity index (χ0v) is 10.2. The zero-order chi connectivity index (χ0) is 12.4. The highest BCUT2D eigenvalue weighted by atomic mass is 32.2. The maximum Gasteiger partial charge on any atom is 0.339 e. The lowest BCUT2D eigenvalue weighted by atomic mass is 10.2. The molecular weight excluding hydrogens is 242 g/mol. The molecule has 0 aliphatic heterocycles. The summed E-state index contributed by atoms with van der Waals surface area (Å²) in [6.45, 7) is 3.47. The normalized spacial score (nSPS) is 10.7. The molecule has 2 heterocycles. The lowest BCUT2D eigenvalue weighted by molar-refractivity contribution is 0.0695. The van der Waals surface area contributed by atoms with Crippen molar-refractivity contribution in [2.45, 2.75) is 24.8 Å². The van der Waals surface area contributed by atoms with Crippen LogP contribution < -0.4 is 0 Å². The van der Waals surface area contributed by atoms with Gasteiger partial charge in [0, 0.05) is 0 Å². The van der Waals surface area contributed by atoms with Crippen molar-refractivity contribution >= 4 is 17.7 Å². The van der Waals surface area contributed by atoms with E-state index in [1.807, 2.05) is 6.92 Å². The Balaban J connectivity index is 2.04. The van der Waals surface area contributed by atoms with Crippen LogP contribution in [0.4, 0.5) is 0 Å². The van der Waals surface area contributed by atoms with Crippen LogP contribution in [-0.2, 0) is 5.75 Å². The molecule has 0 atom stereocenters. The van der Waals surface area contributed by atoms with Crippen molar-refractivity contribution in [3.8, 4) is 0 Å². The van der Waals surface area contributed by atoms with Gasteiger partial charge in [-0.25, -0.2) is 9.78 Å². The molecule has 0 aliphatic carbocycles. The second kappa shape index (κ2) is 4.67. The summed E-state index contributed by atoms with van der Waals surface area (Å²) in [4.78, 5) is 14.9. The van der Waals surface area contributed by atoms with E-state index in [4.69, 9.17) is 13.9 Å². The van der Waals surface area contributed by atoms with Gasteiger partial charge in [0.05, 0.1) is 11.4 Å². The molecule has 0 amide bonds. The molecule has 5 nitrogen and oxygen atoms in total. The minimum Gasteiger partial charge on any atom is -0.478 e. The Hall–Kier alpha value is -1.69. The standard InChI is InChI=1S/C11H11NO4S/c1-6-4-15-11(12-6)17-5-8-3-9(10(13)14)7(2)16-8/h3-4H,5H2,1-2H3,(H,13,14). The molecule has 0 radical (unpaired) electrons. The third kappa shape index (κ3) is 2.71. The number of aromatic nitrogens is 1. The molecule has 0 aliphatic rings. The molecule has 2 aromatic rings. The van der Waals surface area contributed by atoms with E-state index in [0.29, 0.717) is 22.5 Å². The Labute approximate surface area is 102 Å². The summed E-state index contributed by atoms with van der Waals surface area (Å²) in [5, 5.41) is 9.42. The van der Waals surface area contributed by atoms with Gasteiger partial charge in [-0.1, -0.05) is 11.8 Å². The number of thioether (sulfide) groups is 1. The van der Waals surface area contributed by atoms with Crippen molar-refractivity contribution in [2.24, 2.45) is 0 Å². The molecule has 0 spiro atoms. The first kappa shape index (κ1) is 11.8. The minimum absolute atomic E-state index is 0.198. The number of rotatable bonds is 4. The lowest BCUT2D eigenvalue weighted by Crippen LogP contribution is -1.94. The van der Waals surface area contributed by atoms with Crippen LogP contribution in [0.25, 0.3) is 0 Å². The number of carboxylic acids is 1. The van der Waals surface area contributed by atoms with E-state index >= 15 is 0 Å². The van der Waals surface area contributed by atoms with Gasteiger partial charge in [-0.3, -0.25) is 0 Å². The van der Waals surface area contributed by atoms with E-state index < -0.39 is 5.97 Å². The largest absolute Gasteiger partial charge is 0.478 e. The van der Waals surface area contributed by atoms with Crippen molar-refractivity contribution in [1.82, 2.24) is 4.98 Å². The Morgan fingerprint density at radius 3 is 2.82 bits per heavy atom. The van der Waals surface area contributed by atoms with Gasteiger partial charge in [-0.2, -0.15) is 0 Å². The predicted octanol–water partition coefficient (Wildman–Crippen LogP) is 2.87. The van der Waals surface area contributed by atoms with E-state index in [9.17, 15) is 4.79 Å². The minimum atomic E-state index is -0.977. The molecule has 2 aromatic heterocycles. The molecule has 0 saturated carbocycles. The number of carboxylic acid groups (broad SMARTS) is 1. The van der Waals surface area contributed by atoms with Crippen LogP contribution in [0, 0.1) is 13.8 Å². The predicted molar refractivity (Wildman–Crippen MR) is 61.2 cm³/mol. The summed E-state index contributed by atoms with van der Waals surface area (Å²) in [7, 11) is 0. The zero-order valence-electron chi connectivity index (χ0n) is 9.39. The third-order valence-corrected chi connectivity index (χ3v) is 3.00. The van der Waals surface area contributed by atoms with Gasteiger partial charge in [0.1, 0.15) is 23.3 Å². The first-order valence-electron chi connectivity index (χ1n) is 4.94. The van der Waals surface area contributed by atoms with Gasteiger partial charge in [0.2, 0.25) is 0 Å². The number of hydrogen-bond donors (Lipinski definition) is 1. The van der Waals surface area contributed by atoms with Crippen LogP contribution >= 0.6 is 11.8 Å². The Morgan fingerprint density at radius 2 is 2.29 bits per heavy atom. The van der Waals surface area contributed by atoms with Crippen molar-refractivity contribution in [3.05, 3.63) is 35.1 Å². The SMILES string of the molecule is Cc1coc(SCc2cc(C(=O)O)c(C)o2)n1. The first-order valence-corrected chi connectivity index (χ1v) is 5.92. The van der Waals surface area contributed by atoms with Crippen molar-refractivity contribution in [1.29, 1.82) is 0 Å². The molecule has 17 heavy (non-hydrogen) atoms. The fraction of sp³-hybridized carbons (Fsp3) is 0.273. The van der Waals surface area contributed by atoms with Crippen LogP contribution in [0.5, 0.6) is 0 Å². The van der Waals surface area contributed by atoms with Crippen LogP contribution in [0.3, 0.4) is 0 Å². The highest BCUT2D eigenvalue weighted by molar-refractivity contribution is 7.98. The van der Waals surface area contributed by atoms with Gasteiger partial charge in [0.15, 0.2) is 0 Å². The Kier molecular flexibility index (Phi) is 3.23. The summed E-state index contributed by atoms with van der Waals surface area (Å²) in [6.07, 6.45) is 1.57. The van der Waals surface area contributed by atoms with Crippen molar-refractivity contribution < 1.29 is 18.7 Å². The fourth-order valence-corrected chi connectivity index (χ4v) is 2.09. The third-order valence-electron chi connectivity index (χ3n) is 2.14. The van der Waals surface area contributed by atoms with Gasteiger partial charge in [-0.05, 0) is 19.9 Å². The summed E-state index contributed by atoms with van der Waals surface area (Å²) < 4.78 is 10.5. The molecule has 6 heteroatoms. The highest BCUT2D eigenvalue weighted by Crippen LogP contribution is 2.24. The van der Waals surface area contributed by atoms with Crippen molar-refractivity contribution in [3.63, 3.8) is 0 Å². The second-order valence-corrected chi connectivity index (χ2v) is 4.46. The number of furan rings is 1. The number of hydrogen-bond acceptors (Lipinski definition) is 5. The number of aryl methyl sites for hydroxylation is 2. The molecule has 0 saturated heterocycles. The van der Waals surface area contributed by atoms with E-state index in [-0.39, 0.29) is 5.56 Å². The van der Waals surface area contributed by atoms with E-state index in [1.165, 1.54) is 17.8 Å². The molecule has 0 unspecified atom stereocenters. The maximum absolute atomic E-state index is 10.8. The van der Waals surface area contributed by atoms with Gasteiger partial charge in [0.25, 0.3) is 5.22 Å². The first-order chi connectivity index (χ1) is 8.06. The van der Waals surface area contributed by atoms with Crippen LogP contribution in [0.1, 0.15) is 27.6 Å². The van der Waals surface area contributed by atoms with E-state index in [0.717, 1.165) is 5.69 Å². The Morgan fingerprint density at radius 1 is 1.53 bits per heavy atom. The summed E-state index contributed by atoms with van der Waals surface area (Å²) >= 11 is 1.36. The van der Waals surface area contributed by atoms with Gasteiger partial charge < -0.3 is 13.9 Å². The molecule has 1 N–H and O–H groups in total. The topological polar surface area (TPSA) is 76.5 Å². The average molecular weight is 253 g/mol. The maximum atomic E-state index is 10.8. The summed E-state index contributed by atoms with van der Waals surface area (Å²) in [6, 6.07) is 1.53. The van der Waals surface area contributed by atoms with Crippen LogP contribution in [-0.4, -0.2) is 16.1 Å². The van der Waals surface area contributed by atoms with E-state index in [2.05, 4.69) is 4.98 Å². The number of aromatic carboxylic acids is 1. The molecule has 0 aromatic carbocycles. The van der Waals surface area contributed by atoms with E-state index in [1.54, 1.807) is 13.2 Å². The second-order valence-electron chi connectivity index (χ2n) is 3.53. The fourth-order valence-electron chi connectivity index (χ4n) is 1.36. The molecule has 2 rings (SSSR count). The number of carbonyl (C=O) groups is 1. The Bertz CT molecular complexity index is 543. The van der Waals surface area contributed by atoms with Crippen molar-refractivity contribution in [2.75, 3.05) is 0 Å². The van der Waals surface area contributed by atoms with Gasteiger partial charge >= 0.3 is 5.97 Å². The van der Waals surface area contributed by atoms with Crippen LogP contribution in [0.2, 0.25) is 0 Å². The van der Waals surface area contributed by atoms with Gasteiger partial charge in [-0.15, -0.1) is 0 Å². The molecule has 0 fully saturated rings.